The molecule has 0 fully saturated rings. The van der Waals surface area contributed by atoms with Gasteiger partial charge < -0.3 is 10.1 Å². The first-order valence-electron chi connectivity index (χ1n) is 4.52. The Morgan fingerprint density at radius 2 is 1.93 bits per heavy atom. The number of ether oxygens (including phenoxy) is 1. The Morgan fingerprint density at radius 3 is 2.40 bits per heavy atom. The van der Waals surface area contributed by atoms with Crippen molar-refractivity contribution in [1.82, 2.24) is 10.8 Å². The minimum Gasteiger partial charge on any atom is -0.442 e. The molecule has 6 nitrogen and oxygen atoms in total. The van der Waals surface area contributed by atoms with Crippen molar-refractivity contribution in [2.24, 2.45) is 0 Å². The summed E-state index contributed by atoms with van der Waals surface area (Å²) >= 11 is 0. The van der Waals surface area contributed by atoms with E-state index in [9.17, 15) is 9.59 Å². The van der Waals surface area contributed by atoms with Gasteiger partial charge in [0.25, 0.3) is 0 Å². The third kappa shape index (κ3) is 9.01. The fraction of sp³-hybridized carbons (Fsp3) is 0.667. The van der Waals surface area contributed by atoms with Crippen LogP contribution in [0.2, 0.25) is 0 Å². The van der Waals surface area contributed by atoms with Crippen LogP contribution < -0.4 is 10.8 Å². The number of carbonyl (C=O) groups is 2. The van der Waals surface area contributed by atoms with Gasteiger partial charge in [-0.25, -0.2) is 4.79 Å². The van der Waals surface area contributed by atoms with Crippen molar-refractivity contribution >= 4 is 12.0 Å². The number of nitrogens with one attached hydrogen (secondary N) is 2. The minimum absolute atomic E-state index is 0.269. The van der Waals surface area contributed by atoms with Gasteiger partial charge in [-0.05, 0) is 27.7 Å². The van der Waals surface area contributed by atoms with Crippen LogP contribution in [0, 0.1) is 6.92 Å². The molecule has 0 aromatic carbocycles. The Morgan fingerprint density at radius 1 is 1.33 bits per heavy atom. The summed E-state index contributed by atoms with van der Waals surface area (Å²) in [4.78, 5) is 26.4. The molecule has 15 heavy (non-hydrogen) atoms. The van der Waals surface area contributed by atoms with Crippen molar-refractivity contribution < 1.29 is 19.2 Å². The summed E-state index contributed by atoms with van der Waals surface area (Å²) in [7, 11) is 0. The third-order valence-corrected chi connectivity index (χ3v) is 1.08. The standard InChI is InChI=1S/C9H17N2O4/c1-5-10-7(12)6-14-11-8(13)15-9(2,3)4/h1,5-6H2,2-4H3,(H,10,12)(H,11,13). The van der Waals surface area contributed by atoms with Crippen molar-refractivity contribution in [3.63, 3.8) is 0 Å². The second-order valence-corrected chi connectivity index (χ2v) is 3.74. The van der Waals surface area contributed by atoms with Crippen molar-refractivity contribution in [3.8, 4) is 0 Å². The molecular weight excluding hydrogens is 200 g/mol. The van der Waals surface area contributed by atoms with E-state index >= 15 is 0 Å². The Balaban J connectivity index is 3.60. The van der Waals surface area contributed by atoms with Gasteiger partial charge in [-0.3, -0.25) is 9.63 Å². The van der Waals surface area contributed by atoms with Gasteiger partial charge in [0, 0.05) is 6.54 Å². The van der Waals surface area contributed by atoms with Crippen LogP contribution in [-0.4, -0.2) is 30.8 Å². The summed E-state index contributed by atoms with van der Waals surface area (Å²) in [5.74, 6) is -0.360. The third-order valence-electron chi connectivity index (χ3n) is 1.08. The second kappa shape index (κ2) is 6.23. The summed E-state index contributed by atoms with van der Waals surface area (Å²) in [6.45, 7) is 8.59. The molecule has 0 spiro atoms. The van der Waals surface area contributed by atoms with Crippen LogP contribution in [0.4, 0.5) is 4.79 Å². The van der Waals surface area contributed by atoms with Gasteiger partial charge in [-0.2, -0.15) is 5.48 Å². The van der Waals surface area contributed by atoms with E-state index in [1.54, 1.807) is 20.8 Å². The molecule has 0 atom stereocenters. The second-order valence-electron chi connectivity index (χ2n) is 3.74. The Kier molecular flexibility index (Phi) is 5.69. The van der Waals surface area contributed by atoms with Gasteiger partial charge in [0.15, 0.2) is 6.61 Å². The molecule has 0 aliphatic carbocycles. The molecule has 0 saturated carbocycles. The number of amides is 2. The molecule has 1 radical (unpaired) electrons. The highest BCUT2D eigenvalue weighted by Crippen LogP contribution is 2.06. The highest BCUT2D eigenvalue weighted by molar-refractivity contribution is 5.77. The maximum Gasteiger partial charge on any atom is 0.431 e. The van der Waals surface area contributed by atoms with Gasteiger partial charge in [0.2, 0.25) is 5.91 Å². The van der Waals surface area contributed by atoms with E-state index in [1.165, 1.54) is 0 Å². The zero-order chi connectivity index (χ0) is 11.9. The van der Waals surface area contributed by atoms with Crippen molar-refractivity contribution in [1.29, 1.82) is 0 Å². The average Bonchev–Trinajstić information content (AvgIpc) is 2.00. The molecule has 0 aliphatic rings. The summed E-state index contributed by atoms with van der Waals surface area (Å²) < 4.78 is 4.86. The number of hydrogen-bond acceptors (Lipinski definition) is 4. The quantitative estimate of drug-likeness (QED) is 0.668. The molecule has 0 aromatic rings. The highest BCUT2D eigenvalue weighted by atomic mass is 16.7. The molecule has 0 aliphatic heterocycles. The van der Waals surface area contributed by atoms with Gasteiger partial charge in [-0.1, -0.05) is 0 Å². The molecule has 0 unspecified atom stereocenters. The predicted octanol–water partition coefficient (Wildman–Crippen LogP) is 0.393. The molecule has 0 heterocycles. The Hall–Kier alpha value is -1.30. The maximum absolute atomic E-state index is 11.0. The lowest BCUT2D eigenvalue weighted by molar-refractivity contribution is -0.127. The number of hydrogen-bond donors (Lipinski definition) is 2. The number of hydroxylamine groups is 1. The Bertz CT molecular complexity index is 223. The smallest absolute Gasteiger partial charge is 0.431 e. The summed E-state index contributed by atoms with van der Waals surface area (Å²) in [5, 5.41) is 2.40. The van der Waals surface area contributed by atoms with Gasteiger partial charge in [-0.15, -0.1) is 0 Å². The zero-order valence-electron chi connectivity index (χ0n) is 9.25. The molecule has 0 bridgehead atoms. The van der Waals surface area contributed by atoms with Crippen LogP contribution in [0.5, 0.6) is 0 Å². The number of carbonyl (C=O) groups excluding carboxylic acids is 2. The number of rotatable bonds is 4. The van der Waals surface area contributed by atoms with Crippen LogP contribution in [0.25, 0.3) is 0 Å². The minimum atomic E-state index is -0.732. The highest BCUT2D eigenvalue weighted by Gasteiger charge is 2.16. The summed E-state index contributed by atoms with van der Waals surface area (Å²) in [6.07, 6.45) is -0.732. The van der Waals surface area contributed by atoms with Crippen LogP contribution in [0.1, 0.15) is 20.8 Å². The molecule has 0 saturated heterocycles. The molecule has 87 valence electrons. The fourth-order valence-corrected chi connectivity index (χ4v) is 0.650. The molecular formula is C9H17N2O4. The normalized spacial score (nSPS) is 10.7. The van der Waals surface area contributed by atoms with E-state index in [-0.39, 0.29) is 19.1 Å². The molecule has 0 aromatic heterocycles. The summed E-state index contributed by atoms with van der Waals surface area (Å²) in [6, 6.07) is 0. The van der Waals surface area contributed by atoms with Crippen molar-refractivity contribution in [2.75, 3.05) is 13.2 Å². The van der Waals surface area contributed by atoms with Gasteiger partial charge in [0.05, 0.1) is 0 Å². The van der Waals surface area contributed by atoms with E-state index in [0.29, 0.717) is 0 Å². The fourth-order valence-electron chi connectivity index (χ4n) is 0.650. The summed E-state index contributed by atoms with van der Waals surface area (Å²) in [5.41, 5.74) is 1.39. The Labute approximate surface area is 89.3 Å². The molecule has 6 heteroatoms. The zero-order valence-corrected chi connectivity index (χ0v) is 9.25. The van der Waals surface area contributed by atoms with E-state index in [1.807, 2.05) is 5.48 Å². The maximum atomic E-state index is 11.0. The molecule has 2 N–H and O–H groups in total. The predicted molar refractivity (Wildman–Crippen MR) is 53.7 cm³/mol. The topological polar surface area (TPSA) is 76.7 Å². The van der Waals surface area contributed by atoms with Crippen LogP contribution in [0.3, 0.4) is 0 Å². The van der Waals surface area contributed by atoms with E-state index in [4.69, 9.17) is 4.74 Å². The van der Waals surface area contributed by atoms with Crippen LogP contribution in [0.15, 0.2) is 0 Å². The van der Waals surface area contributed by atoms with Crippen molar-refractivity contribution in [3.05, 3.63) is 6.92 Å². The van der Waals surface area contributed by atoms with Crippen LogP contribution in [-0.2, 0) is 14.4 Å². The largest absolute Gasteiger partial charge is 0.442 e. The SMILES string of the molecule is [CH2]CNC(=O)CONC(=O)OC(C)(C)C. The van der Waals surface area contributed by atoms with Crippen LogP contribution >= 0.6 is 0 Å². The van der Waals surface area contributed by atoms with E-state index in [2.05, 4.69) is 17.1 Å². The first-order valence-corrected chi connectivity index (χ1v) is 4.52. The van der Waals surface area contributed by atoms with E-state index < -0.39 is 11.7 Å². The molecule has 0 rings (SSSR count). The lowest BCUT2D eigenvalue weighted by Crippen LogP contribution is -2.36. The first-order chi connectivity index (χ1) is 6.85. The molecule has 2 amide bonds. The first kappa shape index (κ1) is 13.7. The van der Waals surface area contributed by atoms with Gasteiger partial charge >= 0.3 is 6.09 Å². The lowest BCUT2D eigenvalue weighted by Gasteiger charge is -2.19. The lowest BCUT2D eigenvalue weighted by atomic mass is 10.2. The average molecular weight is 217 g/mol. The van der Waals surface area contributed by atoms with E-state index in [0.717, 1.165) is 0 Å². The van der Waals surface area contributed by atoms with Gasteiger partial charge in [0.1, 0.15) is 5.60 Å². The van der Waals surface area contributed by atoms with Crippen molar-refractivity contribution in [2.45, 2.75) is 26.4 Å². The monoisotopic (exact) mass is 217 g/mol.